The van der Waals surface area contributed by atoms with Crippen molar-refractivity contribution in [1.82, 2.24) is 19.4 Å². The third-order valence-electron chi connectivity index (χ3n) is 7.02. The molecule has 10 heteroatoms. The lowest BCUT2D eigenvalue weighted by atomic mass is 10.1. The standard InChI is InChI=1S/C27H27N5O3.2ClH/c1-18-8-9-20-21(29-18)5-3-6-22(20)31-14-12-30(13-15-31)11-10-19-4-2-7-23-26(19)35-16-24-25(27(33)34)28-17-32(23)24;;/h2-9,17H,10-16H2,1H3,(H,33,34);2*1H. The van der Waals surface area contributed by atoms with Crippen molar-refractivity contribution in [3.63, 3.8) is 0 Å². The molecule has 2 aliphatic heterocycles. The van der Waals surface area contributed by atoms with Gasteiger partial charge in [0.1, 0.15) is 18.7 Å². The number of pyridine rings is 1. The van der Waals surface area contributed by atoms with Crippen molar-refractivity contribution in [2.45, 2.75) is 20.0 Å². The predicted molar refractivity (Wildman–Crippen MR) is 148 cm³/mol. The first-order valence-electron chi connectivity index (χ1n) is 12.0. The second-order valence-electron chi connectivity index (χ2n) is 9.14. The first-order chi connectivity index (χ1) is 17.1. The number of rotatable bonds is 5. The van der Waals surface area contributed by atoms with Gasteiger partial charge < -0.3 is 14.7 Å². The fourth-order valence-electron chi connectivity index (χ4n) is 5.17. The highest BCUT2D eigenvalue weighted by molar-refractivity contribution is 5.92. The van der Waals surface area contributed by atoms with Crippen molar-refractivity contribution in [2.24, 2.45) is 0 Å². The second-order valence-corrected chi connectivity index (χ2v) is 9.14. The van der Waals surface area contributed by atoms with E-state index in [1.165, 1.54) is 11.1 Å². The maximum Gasteiger partial charge on any atom is 0.356 e. The van der Waals surface area contributed by atoms with Gasteiger partial charge in [0.15, 0.2) is 5.69 Å². The molecule has 1 N–H and O–H groups in total. The van der Waals surface area contributed by atoms with Crippen molar-refractivity contribution in [3.05, 3.63) is 77.5 Å². The Morgan fingerprint density at radius 1 is 1.00 bits per heavy atom. The van der Waals surface area contributed by atoms with Gasteiger partial charge in [-0.2, -0.15) is 0 Å². The van der Waals surface area contributed by atoms with Gasteiger partial charge in [-0.25, -0.2) is 9.78 Å². The SMILES string of the molecule is Cc1ccc2c(N3CCN(CCc4cccc5c4OCc4c(C(=O)O)ncn4-5)CC3)cccc2n1.Cl.Cl. The van der Waals surface area contributed by atoms with Crippen LogP contribution >= 0.6 is 24.8 Å². The van der Waals surface area contributed by atoms with Crippen LogP contribution in [0, 0.1) is 6.92 Å². The van der Waals surface area contributed by atoms with Crippen molar-refractivity contribution < 1.29 is 14.6 Å². The number of aromatic carboxylic acids is 1. The molecule has 1 fully saturated rings. The van der Waals surface area contributed by atoms with Crippen LogP contribution < -0.4 is 9.64 Å². The highest BCUT2D eigenvalue weighted by Gasteiger charge is 2.26. The molecule has 194 valence electrons. The van der Waals surface area contributed by atoms with Gasteiger partial charge in [-0.15, -0.1) is 24.8 Å². The average Bonchev–Trinajstić information content (AvgIpc) is 3.32. The molecule has 0 amide bonds. The Kier molecular flexibility index (Phi) is 7.92. The van der Waals surface area contributed by atoms with Crippen LogP contribution in [0.4, 0.5) is 5.69 Å². The lowest BCUT2D eigenvalue weighted by molar-refractivity contribution is 0.0687. The van der Waals surface area contributed by atoms with Crippen molar-refractivity contribution >= 4 is 47.4 Å². The van der Waals surface area contributed by atoms with Gasteiger partial charge in [-0.05, 0) is 49.2 Å². The van der Waals surface area contributed by atoms with E-state index in [0.29, 0.717) is 5.69 Å². The second kappa shape index (κ2) is 11.0. The van der Waals surface area contributed by atoms with Crippen LogP contribution in [-0.4, -0.2) is 63.2 Å². The Labute approximate surface area is 227 Å². The number of aromatic nitrogens is 3. The third kappa shape index (κ3) is 4.97. The van der Waals surface area contributed by atoms with Crippen molar-refractivity contribution in [1.29, 1.82) is 0 Å². The van der Waals surface area contributed by atoms with Crippen LogP contribution in [0.15, 0.2) is 54.9 Å². The number of para-hydroxylation sites is 1. The highest BCUT2D eigenvalue weighted by Crippen LogP contribution is 2.34. The zero-order valence-corrected chi connectivity index (χ0v) is 22.1. The monoisotopic (exact) mass is 541 g/mol. The Balaban J connectivity index is 0.00000160. The number of anilines is 1. The number of imidazole rings is 1. The van der Waals surface area contributed by atoms with Gasteiger partial charge in [-0.3, -0.25) is 14.5 Å². The molecule has 1 saturated heterocycles. The summed E-state index contributed by atoms with van der Waals surface area (Å²) in [5.74, 6) is -0.206. The summed E-state index contributed by atoms with van der Waals surface area (Å²) in [5, 5.41) is 10.6. The molecule has 2 aromatic carbocycles. The molecule has 2 aliphatic rings. The molecule has 8 nitrogen and oxygen atoms in total. The van der Waals surface area contributed by atoms with E-state index in [2.05, 4.69) is 56.2 Å². The molecule has 0 saturated carbocycles. The molecule has 2 aromatic heterocycles. The maximum absolute atomic E-state index is 11.4. The van der Waals surface area contributed by atoms with E-state index < -0.39 is 5.97 Å². The average molecular weight is 542 g/mol. The Hall–Kier alpha value is -3.33. The number of piperazine rings is 1. The summed E-state index contributed by atoms with van der Waals surface area (Å²) in [6.45, 7) is 7.14. The van der Waals surface area contributed by atoms with Crippen LogP contribution in [0.25, 0.3) is 16.6 Å². The molecule has 0 bridgehead atoms. The molecule has 4 aromatic rings. The first-order valence-corrected chi connectivity index (χ1v) is 12.0. The summed E-state index contributed by atoms with van der Waals surface area (Å²) in [6.07, 6.45) is 2.45. The van der Waals surface area contributed by atoms with Gasteiger partial charge in [0.05, 0.1) is 16.9 Å². The van der Waals surface area contributed by atoms with Crippen LogP contribution in [0.2, 0.25) is 0 Å². The van der Waals surface area contributed by atoms with Crippen LogP contribution in [0.3, 0.4) is 0 Å². The first kappa shape index (κ1) is 26.7. The van der Waals surface area contributed by atoms with Crippen molar-refractivity contribution in [2.75, 3.05) is 37.6 Å². The summed E-state index contributed by atoms with van der Waals surface area (Å²) < 4.78 is 7.88. The van der Waals surface area contributed by atoms with E-state index in [-0.39, 0.29) is 37.1 Å². The van der Waals surface area contributed by atoms with Gasteiger partial charge in [0.2, 0.25) is 0 Å². The number of hydrogen-bond donors (Lipinski definition) is 1. The van der Waals surface area contributed by atoms with Crippen molar-refractivity contribution in [3.8, 4) is 11.4 Å². The Bertz CT molecular complexity index is 1430. The molecular formula is C27H29Cl2N5O3. The van der Waals surface area contributed by atoms with E-state index in [0.717, 1.165) is 67.4 Å². The van der Waals surface area contributed by atoms with E-state index >= 15 is 0 Å². The molecule has 0 spiro atoms. The van der Waals surface area contributed by atoms with E-state index in [1.807, 2.05) is 23.6 Å². The Morgan fingerprint density at radius 2 is 1.76 bits per heavy atom. The minimum absolute atomic E-state index is 0. The molecule has 0 atom stereocenters. The molecule has 0 radical (unpaired) electrons. The number of hydrogen-bond acceptors (Lipinski definition) is 6. The molecule has 0 aliphatic carbocycles. The van der Waals surface area contributed by atoms with Gasteiger partial charge in [0, 0.05) is 49.5 Å². The smallest absolute Gasteiger partial charge is 0.356 e. The maximum atomic E-state index is 11.4. The van der Waals surface area contributed by atoms with Gasteiger partial charge in [-0.1, -0.05) is 18.2 Å². The number of aryl methyl sites for hydroxylation is 1. The fraction of sp³-hybridized carbons (Fsp3) is 0.296. The number of carbonyl (C=O) groups is 1. The number of ether oxygens (including phenoxy) is 1. The van der Waals surface area contributed by atoms with E-state index in [9.17, 15) is 9.90 Å². The minimum atomic E-state index is -1.03. The summed E-state index contributed by atoms with van der Waals surface area (Å²) in [7, 11) is 0. The molecule has 37 heavy (non-hydrogen) atoms. The number of carboxylic acids is 1. The van der Waals surface area contributed by atoms with E-state index in [1.54, 1.807) is 6.33 Å². The number of carboxylic acid groups (broad SMARTS) is 1. The summed E-state index contributed by atoms with van der Waals surface area (Å²) in [5.41, 5.74) is 5.98. The Morgan fingerprint density at radius 3 is 2.54 bits per heavy atom. The zero-order chi connectivity index (χ0) is 23.9. The number of fused-ring (bicyclic) bond motifs is 4. The minimum Gasteiger partial charge on any atom is -0.485 e. The number of halogens is 2. The quantitative estimate of drug-likeness (QED) is 0.397. The topological polar surface area (TPSA) is 83.7 Å². The van der Waals surface area contributed by atoms with Crippen LogP contribution in [0.5, 0.6) is 5.75 Å². The fourth-order valence-corrected chi connectivity index (χ4v) is 5.17. The summed E-state index contributed by atoms with van der Waals surface area (Å²) >= 11 is 0. The summed E-state index contributed by atoms with van der Waals surface area (Å²) in [4.78, 5) is 25.2. The normalized spacial score (nSPS) is 14.7. The summed E-state index contributed by atoms with van der Waals surface area (Å²) in [6, 6.07) is 16.7. The highest BCUT2D eigenvalue weighted by atomic mass is 35.5. The largest absolute Gasteiger partial charge is 0.485 e. The lowest BCUT2D eigenvalue weighted by Gasteiger charge is -2.36. The van der Waals surface area contributed by atoms with Gasteiger partial charge in [0.25, 0.3) is 0 Å². The van der Waals surface area contributed by atoms with Crippen LogP contribution in [-0.2, 0) is 13.0 Å². The zero-order valence-electron chi connectivity index (χ0n) is 20.5. The lowest BCUT2D eigenvalue weighted by Crippen LogP contribution is -2.47. The van der Waals surface area contributed by atoms with E-state index in [4.69, 9.17) is 4.74 Å². The van der Waals surface area contributed by atoms with Crippen LogP contribution in [0.1, 0.15) is 27.4 Å². The predicted octanol–water partition coefficient (Wildman–Crippen LogP) is 4.53. The number of benzene rings is 2. The molecule has 6 rings (SSSR count). The molecule has 4 heterocycles. The third-order valence-corrected chi connectivity index (χ3v) is 7.02. The van der Waals surface area contributed by atoms with Gasteiger partial charge >= 0.3 is 5.97 Å². The molecule has 0 unspecified atom stereocenters. The molecular weight excluding hydrogens is 513 g/mol. The number of nitrogens with zero attached hydrogens (tertiary/aromatic N) is 5.